The molecule has 21 heavy (non-hydrogen) atoms. The molecule has 1 aliphatic carbocycles. The highest BCUT2D eigenvalue weighted by molar-refractivity contribution is 7.92. The molecular formula is C12H12F2N4O2S. The van der Waals surface area contributed by atoms with Gasteiger partial charge >= 0.3 is 0 Å². The summed E-state index contributed by atoms with van der Waals surface area (Å²) in [5.41, 5.74) is -0.221. The maximum atomic E-state index is 13.0. The Kier molecular flexibility index (Phi) is 3.36. The first-order chi connectivity index (χ1) is 9.95. The van der Waals surface area contributed by atoms with E-state index in [9.17, 15) is 17.2 Å². The average Bonchev–Trinajstić information content (AvgIpc) is 2.73. The number of anilines is 1. The van der Waals surface area contributed by atoms with Crippen molar-refractivity contribution in [2.75, 3.05) is 4.72 Å². The summed E-state index contributed by atoms with van der Waals surface area (Å²) in [5, 5.41) is 3.99. The second kappa shape index (κ2) is 5.06. The average molecular weight is 314 g/mol. The highest BCUT2D eigenvalue weighted by Crippen LogP contribution is 2.33. The molecule has 0 unspecified atom stereocenters. The fourth-order valence-corrected chi connectivity index (χ4v) is 3.37. The van der Waals surface area contributed by atoms with Gasteiger partial charge < -0.3 is 0 Å². The summed E-state index contributed by atoms with van der Waals surface area (Å²) in [6.07, 6.45) is 4.14. The van der Waals surface area contributed by atoms with Crippen LogP contribution in [0.1, 0.15) is 25.3 Å². The van der Waals surface area contributed by atoms with Crippen molar-refractivity contribution in [2.24, 2.45) is 0 Å². The molecule has 0 aliphatic heterocycles. The Morgan fingerprint density at radius 3 is 2.48 bits per heavy atom. The number of pyridine rings is 1. The zero-order valence-electron chi connectivity index (χ0n) is 10.8. The molecule has 6 nitrogen and oxygen atoms in total. The van der Waals surface area contributed by atoms with Crippen molar-refractivity contribution < 1.29 is 17.2 Å². The van der Waals surface area contributed by atoms with Crippen LogP contribution in [0.3, 0.4) is 0 Å². The Morgan fingerprint density at radius 2 is 1.90 bits per heavy atom. The van der Waals surface area contributed by atoms with Crippen LogP contribution in [-0.4, -0.2) is 23.2 Å². The molecule has 1 fully saturated rings. The number of halogens is 2. The molecule has 1 saturated carbocycles. The van der Waals surface area contributed by atoms with Gasteiger partial charge in [-0.3, -0.25) is 4.72 Å². The SMILES string of the molecule is O=S(=O)(Nc1cc(F)nc(F)c1)c1ccnn1C1CCC1. The number of nitrogens with zero attached hydrogens (tertiary/aromatic N) is 3. The van der Waals surface area contributed by atoms with Crippen molar-refractivity contribution in [3.05, 3.63) is 36.3 Å². The monoisotopic (exact) mass is 314 g/mol. The van der Waals surface area contributed by atoms with Crippen LogP contribution < -0.4 is 4.72 Å². The predicted octanol–water partition coefficient (Wildman–Crippen LogP) is 2.08. The Morgan fingerprint density at radius 1 is 1.24 bits per heavy atom. The van der Waals surface area contributed by atoms with Gasteiger partial charge in [-0.1, -0.05) is 0 Å². The molecule has 9 heteroatoms. The minimum Gasteiger partial charge on any atom is -0.278 e. The number of aromatic nitrogens is 3. The molecule has 2 heterocycles. The van der Waals surface area contributed by atoms with Gasteiger partial charge in [0.1, 0.15) is 0 Å². The van der Waals surface area contributed by atoms with E-state index in [1.54, 1.807) is 0 Å². The van der Waals surface area contributed by atoms with Crippen LogP contribution in [-0.2, 0) is 10.0 Å². The highest BCUT2D eigenvalue weighted by atomic mass is 32.2. The molecular weight excluding hydrogens is 302 g/mol. The molecule has 0 spiro atoms. The van der Waals surface area contributed by atoms with Crippen LogP contribution in [0.4, 0.5) is 14.5 Å². The number of hydrogen-bond acceptors (Lipinski definition) is 4. The largest absolute Gasteiger partial charge is 0.279 e. The molecule has 0 saturated heterocycles. The summed E-state index contributed by atoms with van der Waals surface area (Å²) in [6.45, 7) is 0. The Bertz CT molecular complexity index is 751. The Hall–Kier alpha value is -2.03. The third-order valence-electron chi connectivity index (χ3n) is 3.34. The molecule has 1 N–H and O–H groups in total. The third kappa shape index (κ3) is 2.73. The van der Waals surface area contributed by atoms with Crippen molar-refractivity contribution in [1.82, 2.24) is 14.8 Å². The van der Waals surface area contributed by atoms with Crippen LogP contribution in [0.15, 0.2) is 29.4 Å². The van der Waals surface area contributed by atoms with Crippen molar-refractivity contribution in [1.29, 1.82) is 0 Å². The molecule has 0 bridgehead atoms. The van der Waals surface area contributed by atoms with Crippen LogP contribution >= 0.6 is 0 Å². The van der Waals surface area contributed by atoms with Crippen molar-refractivity contribution in [2.45, 2.75) is 30.3 Å². The van der Waals surface area contributed by atoms with Gasteiger partial charge in [-0.25, -0.2) is 4.68 Å². The summed E-state index contributed by atoms with van der Waals surface area (Å²) >= 11 is 0. The number of sulfonamides is 1. The maximum Gasteiger partial charge on any atom is 0.279 e. The molecule has 0 amide bonds. The van der Waals surface area contributed by atoms with Gasteiger partial charge in [0, 0.05) is 12.1 Å². The van der Waals surface area contributed by atoms with E-state index in [0.29, 0.717) is 0 Å². The molecule has 2 aromatic heterocycles. The van der Waals surface area contributed by atoms with Gasteiger partial charge in [-0.05, 0) is 25.3 Å². The third-order valence-corrected chi connectivity index (χ3v) is 4.72. The maximum absolute atomic E-state index is 13.0. The summed E-state index contributed by atoms with van der Waals surface area (Å²) in [5.74, 6) is -2.19. The van der Waals surface area contributed by atoms with Gasteiger partial charge in [-0.15, -0.1) is 0 Å². The van der Waals surface area contributed by atoms with Gasteiger partial charge in [0.05, 0.1) is 17.9 Å². The van der Waals surface area contributed by atoms with Crippen molar-refractivity contribution >= 4 is 15.7 Å². The first-order valence-electron chi connectivity index (χ1n) is 6.35. The fraction of sp³-hybridized carbons (Fsp3) is 0.333. The van der Waals surface area contributed by atoms with Gasteiger partial charge in [-0.2, -0.15) is 27.3 Å². The Labute approximate surface area is 119 Å². The van der Waals surface area contributed by atoms with E-state index >= 15 is 0 Å². The minimum atomic E-state index is -3.97. The lowest BCUT2D eigenvalue weighted by molar-refractivity contribution is 0.271. The highest BCUT2D eigenvalue weighted by Gasteiger charge is 2.28. The van der Waals surface area contributed by atoms with Gasteiger partial charge in [0.2, 0.25) is 11.9 Å². The zero-order valence-corrected chi connectivity index (χ0v) is 11.6. The number of nitrogens with one attached hydrogen (secondary N) is 1. The zero-order chi connectivity index (χ0) is 15.0. The van der Waals surface area contributed by atoms with E-state index < -0.39 is 21.9 Å². The Balaban J connectivity index is 1.92. The lowest BCUT2D eigenvalue weighted by atomic mass is 9.93. The van der Waals surface area contributed by atoms with E-state index in [4.69, 9.17) is 0 Å². The quantitative estimate of drug-likeness (QED) is 0.877. The summed E-state index contributed by atoms with van der Waals surface area (Å²) in [7, 11) is -3.97. The number of hydrogen-bond donors (Lipinski definition) is 1. The molecule has 3 rings (SSSR count). The topological polar surface area (TPSA) is 76.9 Å². The van der Waals surface area contributed by atoms with Crippen molar-refractivity contribution in [3.8, 4) is 0 Å². The van der Waals surface area contributed by atoms with Crippen LogP contribution in [0.5, 0.6) is 0 Å². The van der Waals surface area contributed by atoms with Crippen LogP contribution in [0.25, 0.3) is 0 Å². The molecule has 2 aromatic rings. The molecule has 0 atom stereocenters. The summed E-state index contributed by atoms with van der Waals surface area (Å²) < 4.78 is 54.2. The van der Waals surface area contributed by atoms with Gasteiger partial charge in [0.15, 0.2) is 5.03 Å². The van der Waals surface area contributed by atoms with E-state index in [1.165, 1.54) is 16.9 Å². The van der Waals surface area contributed by atoms with Crippen molar-refractivity contribution in [3.63, 3.8) is 0 Å². The summed E-state index contributed by atoms with van der Waals surface area (Å²) in [6, 6.07) is 3.03. The molecule has 0 radical (unpaired) electrons. The fourth-order valence-electron chi connectivity index (χ4n) is 2.15. The normalized spacial score (nSPS) is 15.7. The lowest BCUT2D eigenvalue weighted by Gasteiger charge is -2.27. The molecule has 1 aliphatic rings. The first-order valence-corrected chi connectivity index (χ1v) is 7.83. The van der Waals surface area contributed by atoms with E-state index in [-0.39, 0.29) is 16.8 Å². The van der Waals surface area contributed by atoms with E-state index in [2.05, 4.69) is 14.8 Å². The van der Waals surface area contributed by atoms with E-state index in [1.807, 2.05) is 0 Å². The minimum absolute atomic E-state index is 0.0233. The van der Waals surface area contributed by atoms with Gasteiger partial charge in [0.25, 0.3) is 10.0 Å². The second-order valence-corrected chi connectivity index (χ2v) is 6.43. The molecule has 112 valence electrons. The van der Waals surface area contributed by atoms with E-state index in [0.717, 1.165) is 31.4 Å². The standard InChI is InChI=1S/C12H12F2N4O2S/c13-10-6-8(7-11(14)16-10)17-21(19,20)12-4-5-15-18(12)9-2-1-3-9/h4-7,9H,1-3H2,(H,16,17). The number of rotatable bonds is 4. The second-order valence-electron chi connectivity index (χ2n) is 4.81. The van der Waals surface area contributed by atoms with Crippen LogP contribution in [0.2, 0.25) is 0 Å². The lowest BCUT2D eigenvalue weighted by Crippen LogP contribution is -2.24. The molecule has 0 aromatic carbocycles. The van der Waals surface area contributed by atoms with Crippen LogP contribution in [0, 0.1) is 11.9 Å². The summed E-state index contributed by atoms with van der Waals surface area (Å²) in [4.78, 5) is 2.91. The first kappa shape index (κ1) is 13.9. The smallest absolute Gasteiger partial charge is 0.278 e. The predicted molar refractivity (Wildman–Crippen MR) is 70.1 cm³/mol.